The number of fused-ring (bicyclic) bond motifs is 1. The van der Waals surface area contributed by atoms with E-state index in [-0.39, 0.29) is 0 Å². The number of ether oxygens (including phenoxy) is 1. The van der Waals surface area contributed by atoms with Crippen molar-refractivity contribution in [1.82, 2.24) is 9.38 Å². The van der Waals surface area contributed by atoms with E-state index in [0.29, 0.717) is 16.2 Å². The first kappa shape index (κ1) is 9.02. The predicted molar refractivity (Wildman–Crippen MR) is 51.5 cm³/mol. The van der Waals surface area contributed by atoms with Gasteiger partial charge in [0.05, 0.1) is 17.7 Å². The molecule has 0 aliphatic heterocycles. The van der Waals surface area contributed by atoms with Gasteiger partial charge in [0.15, 0.2) is 0 Å². The molecule has 2 heterocycles. The van der Waals surface area contributed by atoms with Gasteiger partial charge in [-0.2, -0.15) is 0 Å². The Kier molecular flexibility index (Phi) is 2.13. The molecule has 0 saturated heterocycles. The van der Waals surface area contributed by atoms with Crippen molar-refractivity contribution >= 4 is 23.2 Å². The average molecular weight is 211 g/mol. The minimum Gasteiger partial charge on any atom is -0.465 e. The maximum atomic E-state index is 11.3. The molecule has 0 bridgehead atoms. The van der Waals surface area contributed by atoms with Crippen molar-refractivity contribution in [3.63, 3.8) is 0 Å². The van der Waals surface area contributed by atoms with Crippen LogP contribution in [0.2, 0.25) is 5.02 Å². The van der Waals surface area contributed by atoms with Gasteiger partial charge in [0, 0.05) is 18.6 Å². The predicted octanol–water partition coefficient (Wildman–Crippen LogP) is 1.77. The summed E-state index contributed by atoms with van der Waals surface area (Å²) in [7, 11) is 1.31. The molecule has 5 heteroatoms. The van der Waals surface area contributed by atoms with E-state index in [2.05, 4.69) is 9.72 Å². The highest BCUT2D eigenvalue weighted by Gasteiger charge is 2.11. The van der Waals surface area contributed by atoms with Gasteiger partial charge < -0.3 is 9.14 Å². The highest BCUT2D eigenvalue weighted by atomic mass is 35.5. The van der Waals surface area contributed by atoms with Gasteiger partial charge in [0.2, 0.25) is 0 Å². The molecule has 0 spiro atoms. The van der Waals surface area contributed by atoms with Crippen LogP contribution < -0.4 is 0 Å². The van der Waals surface area contributed by atoms with Crippen LogP contribution in [0, 0.1) is 0 Å². The van der Waals surface area contributed by atoms with E-state index >= 15 is 0 Å². The van der Waals surface area contributed by atoms with Gasteiger partial charge in [-0.3, -0.25) is 0 Å². The first-order valence-corrected chi connectivity index (χ1v) is 4.30. The SMILES string of the molecule is COC(=O)c1cc2nccn2cc1Cl. The van der Waals surface area contributed by atoms with Gasteiger partial charge in [-0.1, -0.05) is 11.6 Å². The fourth-order valence-corrected chi connectivity index (χ4v) is 1.44. The smallest absolute Gasteiger partial charge is 0.339 e. The quantitative estimate of drug-likeness (QED) is 0.674. The summed E-state index contributed by atoms with van der Waals surface area (Å²) in [5.74, 6) is -0.458. The zero-order chi connectivity index (χ0) is 10.1. The average Bonchev–Trinajstić information content (AvgIpc) is 2.62. The Morgan fingerprint density at radius 2 is 2.43 bits per heavy atom. The number of nitrogens with zero attached hydrogens (tertiary/aromatic N) is 2. The zero-order valence-electron chi connectivity index (χ0n) is 7.40. The molecule has 2 rings (SSSR count). The Bertz CT molecular complexity index is 493. The minimum atomic E-state index is -0.458. The highest BCUT2D eigenvalue weighted by Crippen LogP contribution is 2.18. The van der Waals surface area contributed by atoms with Gasteiger partial charge in [-0.05, 0) is 6.07 Å². The lowest BCUT2D eigenvalue weighted by molar-refractivity contribution is 0.0601. The fraction of sp³-hybridized carbons (Fsp3) is 0.111. The fourth-order valence-electron chi connectivity index (χ4n) is 1.20. The number of aromatic nitrogens is 2. The number of hydrogen-bond donors (Lipinski definition) is 0. The Balaban J connectivity index is 2.64. The van der Waals surface area contributed by atoms with E-state index < -0.39 is 5.97 Å². The maximum Gasteiger partial charge on any atom is 0.339 e. The topological polar surface area (TPSA) is 43.6 Å². The molecule has 0 fully saturated rings. The molecule has 2 aromatic heterocycles. The Morgan fingerprint density at radius 1 is 1.64 bits per heavy atom. The van der Waals surface area contributed by atoms with E-state index in [9.17, 15) is 4.79 Å². The lowest BCUT2D eigenvalue weighted by atomic mass is 10.2. The van der Waals surface area contributed by atoms with Crippen LogP contribution in [0.1, 0.15) is 10.4 Å². The first-order valence-electron chi connectivity index (χ1n) is 3.93. The molecule has 0 atom stereocenters. The van der Waals surface area contributed by atoms with E-state index in [4.69, 9.17) is 11.6 Å². The minimum absolute atomic E-state index is 0.327. The molecule has 2 aromatic rings. The molecule has 0 unspecified atom stereocenters. The number of pyridine rings is 1. The van der Waals surface area contributed by atoms with Gasteiger partial charge in [-0.25, -0.2) is 9.78 Å². The summed E-state index contributed by atoms with van der Waals surface area (Å²) in [4.78, 5) is 15.3. The molecule has 0 aliphatic carbocycles. The van der Waals surface area contributed by atoms with Gasteiger partial charge in [-0.15, -0.1) is 0 Å². The summed E-state index contributed by atoms with van der Waals surface area (Å²) >= 11 is 5.88. The Morgan fingerprint density at radius 3 is 3.14 bits per heavy atom. The van der Waals surface area contributed by atoms with Crippen molar-refractivity contribution in [3.05, 3.63) is 35.2 Å². The number of hydrogen-bond acceptors (Lipinski definition) is 3. The van der Waals surface area contributed by atoms with Crippen molar-refractivity contribution in [1.29, 1.82) is 0 Å². The lowest BCUT2D eigenvalue weighted by Gasteiger charge is -2.02. The van der Waals surface area contributed by atoms with E-state index in [1.807, 2.05) is 0 Å². The van der Waals surface area contributed by atoms with Crippen LogP contribution in [0.3, 0.4) is 0 Å². The number of methoxy groups -OCH3 is 1. The summed E-state index contributed by atoms with van der Waals surface area (Å²) in [5.41, 5.74) is 0.989. The standard InChI is InChI=1S/C9H7ClN2O2/c1-14-9(13)6-4-8-11-2-3-12(8)5-7(6)10/h2-5H,1H3. The summed E-state index contributed by atoms with van der Waals surface area (Å²) in [6.45, 7) is 0. The van der Waals surface area contributed by atoms with Crippen LogP contribution in [-0.4, -0.2) is 22.5 Å². The zero-order valence-corrected chi connectivity index (χ0v) is 8.15. The highest BCUT2D eigenvalue weighted by molar-refractivity contribution is 6.33. The number of esters is 1. The van der Waals surface area contributed by atoms with Crippen LogP contribution in [0.25, 0.3) is 5.65 Å². The number of carbonyl (C=O) groups is 1. The second kappa shape index (κ2) is 3.31. The number of rotatable bonds is 1. The van der Waals surface area contributed by atoms with Crippen LogP contribution in [0.15, 0.2) is 24.7 Å². The third-order valence-corrected chi connectivity index (χ3v) is 2.19. The van der Waals surface area contributed by atoms with Crippen molar-refractivity contribution in [2.45, 2.75) is 0 Å². The van der Waals surface area contributed by atoms with Crippen molar-refractivity contribution in [2.24, 2.45) is 0 Å². The summed E-state index contributed by atoms with van der Waals surface area (Å²) in [6, 6.07) is 1.59. The summed E-state index contributed by atoms with van der Waals surface area (Å²) in [5, 5.41) is 0.349. The summed E-state index contributed by atoms with van der Waals surface area (Å²) < 4.78 is 6.31. The van der Waals surface area contributed by atoms with Crippen LogP contribution in [0.5, 0.6) is 0 Å². The maximum absolute atomic E-state index is 11.3. The number of carbonyl (C=O) groups excluding carboxylic acids is 1. The molecule has 4 nitrogen and oxygen atoms in total. The molecular weight excluding hydrogens is 204 g/mol. The van der Waals surface area contributed by atoms with Gasteiger partial charge in [0.25, 0.3) is 0 Å². The molecular formula is C9H7ClN2O2. The second-order valence-corrected chi connectivity index (χ2v) is 3.13. The van der Waals surface area contributed by atoms with Crippen LogP contribution in [0.4, 0.5) is 0 Å². The van der Waals surface area contributed by atoms with Crippen molar-refractivity contribution in [3.8, 4) is 0 Å². The normalized spacial score (nSPS) is 10.4. The van der Waals surface area contributed by atoms with Crippen molar-refractivity contribution in [2.75, 3.05) is 7.11 Å². The van der Waals surface area contributed by atoms with Gasteiger partial charge >= 0.3 is 5.97 Å². The lowest BCUT2D eigenvalue weighted by Crippen LogP contribution is -2.03. The molecule has 0 radical (unpaired) electrons. The van der Waals surface area contributed by atoms with Crippen LogP contribution >= 0.6 is 11.6 Å². The third-order valence-electron chi connectivity index (χ3n) is 1.89. The second-order valence-electron chi connectivity index (χ2n) is 2.72. The Hall–Kier alpha value is -1.55. The first-order chi connectivity index (χ1) is 6.72. The number of imidazole rings is 1. The molecule has 14 heavy (non-hydrogen) atoms. The molecule has 0 N–H and O–H groups in total. The van der Waals surface area contributed by atoms with Crippen molar-refractivity contribution < 1.29 is 9.53 Å². The number of halogens is 1. The molecule has 0 saturated carbocycles. The molecule has 72 valence electrons. The molecule has 0 amide bonds. The van der Waals surface area contributed by atoms with Gasteiger partial charge in [0.1, 0.15) is 5.65 Å². The summed E-state index contributed by atoms with van der Waals surface area (Å²) in [6.07, 6.45) is 5.01. The van der Waals surface area contributed by atoms with E-state index in [1.165, 1.54) is 7.11 Å². The van der Waals surface area contributed by atoms with E-state index in [1.54, 1.807) is 29.1 Å². The Labute approximate surface area is 85.1 Å². The largest absolute Gasteiger partial charge is 0.465 e. The molecule has 0 aliphatic rings. The van der Waals surface area contributed by atoms with Crippen LogP contribution in [-0.2, 0) is 4.74 Å². The monoisotopic (exact) mass is 210 g/mol. The third kappa shape index (κ3) is 1.33. The molecule has 0 aromatic carbocycles. The van der Waals surface area contributed by atoms with E-state index in [0.717, 1.165) is 0 Å².